The van der Waals surface area contributed by atoms with Gasteiger partial charge in [-0.3, -0.25) is 4.79 Å². The molecule has 0 spiro atoms. The Hall–Kier alpha value is -1.87. The van der Waals surface area contributed by atoms with Gasteiger partial charge in [0.1, 0.15) is 0 Å². The summed E-state index contributed by atoms with van der Waals surface area (Å²) in [7, 11) is 0. The Morgan fingerprint density at radius 1 is 1.10 bits per heavy atom. The predicted octanol–water partition coefficient (Wildman–Crippen LogP) is 3.61. The molecule has 0 aliphatic rings. The second kappa shape index (κ2) is 15.0. The molecule has 2 rings (SSSR count). The van der Waals surface area contributed by atoms with Crippen LogP contribution in [0.3, 0.4) is 0 Å². The fraction of sp³-hybridized carbons (Fsp3) is 0.500. The van der Waals surface area contributed by atoms with Crippen molar-refractivity contribution in [2.24, 2.45) is 16.8 Å². The number of aliphatic hydroxyl groups excluding tert-OH is 1. The number of benzene rings is 1. The SMILES string of the molecule is CCNC(=NCc1ccc(Cn2ccccc2=O)cc1)NCC(CCO)CC(C)C.I. The Morgan fingerprint density at radius 3 is 2.42 bits per heavy atom. The highest BCUT2D eigenvalue weighted by molar-refractivity contribution is 14.0. The average Bonchev–Trinajstić information content (AvgIpc) is 2.72. The minimum absolute atomic E-state index is 0. The molecule has 1 unspecified atom stereocenters. The highest BCUT2D eigenvalue weighted by atomic mass is 127. The van der Waals surface area contributed by atoms with Crippen LogP contribution in [0.2, 0.25) is 0 Å². The zero-order valence-corrected chi connectivity index (χ0v) is 21.2. The summed E-state index contributed by atoms with van der Waals surface area (Å²) in [5, 5.41) is 16.0. The summed E-state index contributed by atoms with van der Waals surface area (Å²) in [5.74, 6) is 1.83. The lowest BCUT2D eigenvalue weighted by molar-refractivity contribution is 0.243. The van der Waals surface area contributed by atoms with Crippen LogP contribution in [0, 0.1) is 11.8 Å². The van der Waals surface area contributed by atoms with Crippen molar-refractivity contribution >= 4 is 29.9 Å². The number of aliphatic imine (C=N–C) groups is 1. The van der Waals surface area contributed by atoms with Gasteiger partial charge < -0.3 is 20.3 Å². The third-order valence-corrected chi connectivity index (χ3v) is 4.94. The number of aromatic nitrogens is 1. The molecule has 0 radical (unpaired) electrons. The largest absolute Gasteiger partial charge is 0.396 e. The van der Waals surface area contributed by atoms with Crippen LogP contribution in [0.25, 0.3) is 0 Å². The van der Waals surface area contributed by atoms with E-state index < -0.39 is 0 Å². The van der Waals surface area contributed by atoms with Crippen LogP contribution < -0.4 is 16.2 Å². The number of pyridine rings is 1. The fourth-order valence-corrected chi connectivity index (χ4v) is 3.44. The van der Waals surface area contributed by atoms with Crippen molar-refractivity contribution in [2.75, 3.05) is 19.7 Å². The smallest absolute Gasteiger partial charge is 0.250 e. The summed E-state index contributed by atoms with van der Waals surface area (Å²) in [6.07, 6.45) is 3.69. The Kier molecular flexibility index (Phi) is 13.2. The monoisotopic (exact) mass is 540 g/mol. The van der Waals surface area contributed by atoms with Crippen molar-refractivity contribution < 1.29 is 5.11 Å². The van der Waals surface area contributed by atoms with E-state index in [-0.39, 0.29) is 36.1 Å². The fourth-order valence-electron chi connectivity index (χ4n) is 3.44. The van der Waals surface area contributed by atoms with Crippen molar-refractivity contribution in [1.29, 1.82) is 0 Å². The molecule has 31 heavy (non-hydrogen) atoms. The second-order valence-electron chi connectivity index (χ2n) is 8.07. The first-order valence-electron chi connectivity index (χ1n) is 10.9. The summed E-state index contributed by atoms with van der Waals surface area (Å²) >= 11 is 0. The molecule has 0 bridgehead atoms. The molecule has 7 heteroatoms. The van der Waals surface area contributed by atoms with Crippen molar-refractivity contribution in [1.82, 2.24) is 15.2 Å². The lowest BCUT2D eigenvalue weighted by atomic mass is 9.94. The third kappa shape index (κ3) is 10.3. The molecule has 0 saturated heterocycles. The number of hydrogen-bond acceptors (Lipinski definition) is 3. The summed E-state index contributed by atoms with van der Waals surface area (Å²) in [4.78, 5) is 16.6. The molecule has 0 amide bonds. The van der Waals surface area contributed by atoms with Gasteiger partial charge in [-0.25, -0.2) is 4.99 Å². The first-order chi connectivity index (χ1) is 14.5. The Morgan fingerprint density at radius 2 is 1.81 bits per heavy atom. The van der Waals surface area contributed by atoms with Crippen LogP contribution in [0.15, 0.2) is 58.4 Å². The standard InChI is InChI=1S/C24H36N4O2.HI/c1-4-25-24(27-17-22(12-14-29)15-19(2)3)26-16-20-8-10-21(11-9-20)18-28-13-6-5-7-23(28)30;/h5-11,13,19,22,29H,4,12,14-18H2,1-3H3,(H2,25,26,27);1H. The molecule has 2 aromatic rings. The molecule has 3 N–H and O–H groups in total. The zero-order valence-electron chi connectivity index (χ0n) is 18.9. The van der Waals surface area contributed by atoms with E-state index in [9.17, 15) is 9.90 Å². The first-order valence-corrected chi connectivity index (χ1v) is 10.9. The van der Waals surface area contributed by atoms with Crippen LogP contribution in [0.1, 0.15) is 44.7 Å². The highest BCUT2D eigenvalue weighted by Gasteiger charge is 2.11. The van der Waals surface area contributed by atoms with E-state index in [1.165, 1.54) is 0 Å². The average molecular weight is 540 g/mol. The molecule has 0 aliphatic carbocycles. The zero-order chi connectivity index (χ0) is 21.8. The van der Waals surface area contributed by atoms with Gasteiger partial charge in [0, 0.05) is 32.0 Å². The molecular weight excluding hydrogens is 503 g/mol. The highest BCUT2D eigenvalue weighted by Crippen LogP contribution is 2.14. The quantitative estimate of drug-likeness (QED) is 0.231. The van der Waals surface area contributed by atoms with Gasteiger partial charge in [0.25, 0.3) is 5.56 Å². The number of aliphatic hydroxyl groups is 1. The maximum absolute atomic E-state index is 11.9. The minimum atomic E-state index is 0. The van der Waals surface area contributed by atoms with Gasteiger partial charge in [-0.15, -0.1) is 24.0 Å². The number of halogens is 1. The van der Waals surface area contributed by atoms with Crippen LogP contribution in [-0.4, -0.2) is 35.3 Å². The molecule has 1 aromatic carbocycles. The van der Waals surface area contributed by atoms with Gasteiger partial charge in [0.05, 0.1) is 13.1 Å². The third-order valence-electron chi connectivity index (χ3n) is 4.94. The lowest BCUT2D eigenvalue weighted by Gasteiger charge is -2.20. The first kappa shape index (κ1) is 27.2. The molecule has 0 fully saturated rings. The normalized spacial score (nSPS) is 12.4. The van der Waals surface area contributed by atoms with Crippen LogP contribution in [0.4, 0.5) is 0 Å². The van der Waals surface area contributed by atoms with Crippen molar-refractivity contribution in [3.05, 3.63) is 70.1 Å². The van der Waals surface area contributed by atoms with E-state index in [0.29, 0.717) is 24.9 Å². The number of nitrogens with zero attached hydrogens (tertiary/aromatic N) is 2. The van der Waals surface area contributed by atoms with E-state index in [0.717, 1.165) is 43.0 Å². The summed E-state index contributed by atoms with van der Waals surface area (Å²) < 4.78 is 1.69. The maximum Gasteiger partial charge on any atom is 0.250 e. The Labute approximate surface area is 203 Å². The Balaban J connectivity index is 0.00000480. The molecule has 172 valence electrons. The van der Waals surface area contributed by atoms with E-state index in [1.807, 2.05) is 18.2 Å². The van der Waals surface area contributed by atoms with Gasteiger partial charge in [-0.1, -0.05) is 44.2 Å². The second-order valence-corrected chi connectivity index (χ2v) is 8.07. The molecular formula is C24H37IN4O2. The molecule has 0 aliphatic heterocycles. The van der Waals surface area contributed by atoms with Crippen LogP contribution in [0.5, 0.6) is 0 Å². The lowest BCUT2D eigenvalue weighted by Crippen LogP contribution is -2.40. The van der Waals surface area contributed by atoms with E-state index in [1.54, 1.807) is 22.9 Å². The van der Waals surface area contributed by atoms with E-state index in [2.05, 4.69) is 43.5 Å². The molecule has 1 aromatic heterocycles. The Bertz CT molecular complexity index is 834. The van der Waals surface area contributed by atoms with Gasteiger partial charge >= 0.3 is 0 Å². The van der Waals surface area contributed by atoms with Gasteiger partial charge in [-0.05, 0) is 48.8 Å². The van der Waals surface area contributed by atoms with Crippen molar-refractivity contribution in [3.8, 4) is 0 Å². The number of nitrogens with one attached hydrogen (secondary N) is 2. The summed E-state index contributed by atoms with van der Waals surface area (Å²) in [6.45, 7) is 9.43. The molecule has 0 saturated carbocycles. The summed E-state index contributed by atoms with van der Waals surface area (Å²) in [6, 6.07) is 13.4. The molecule has 6 nitrogen and oxygen atoms in total. The topological polar surface area (TPSA) is 78.7 Å². The van der Waals surface area contributed by atoms with Gasteiger partial charge in [0.15, 0.2) is 5.96 Å². The maximum atomic E-state index is 11.9. The molecule has 1 atom stereocenters. The molecule has 1 heterocycles. The number of guanidine groups is 1. The van der Waals surface area contributed by atoms with Gasteiger partial charge in [-0.2, -0.15) is 0 Å². The van der Waals surface area contributed by atoms with E-state index in [4.69, 9.17) is 4.99 Å². The van der Waals surface area contributed by atoms with Crippen molar-refractivity contribution in [3.63, 3.8) is 0 Å². The van der Waals surface area contributed by atoms with Crippen LogP contribution in [-0.2, 0) is 13.1 Å². The number of rotatable bonds is 11. The minimum Gasteiger partial charge on any atom is -0.396 e. The van der Waals surface area contributed by atoms with Crippen LogP contribution >= 0.6 is 24.0 Å². The number of hydrogen-bond donors (Lipinski definition) is 3. The van der Waals surface area contributed by atoms with Gasteiger partial charge in [0.2, 0.25) is 0 Å². The predicted molar refractivity (Wildman–Crippen MR) is 139 cm³/mol. The summed E-state index contributed by atoms with van der Waals surface area (Å²) in [5.41, 5.74) is 2.21. The van der Waals surface area contributed by atoms with E-state index >= 15 is 0 Å². The van der Waals surface area contributed by atoms with Crippen molar-refractivity contribution in [2.45, 2.75) is 46.7 Å².